The second-order valence-corrected chi connectivity index (χ2v) is 7.07. The highest BCUT2D eigenvalue weighted by atomic mass is 19.4. The zero-order chi connectivity index (χ0) is 22.8. The summed E-state index contributed by atoms with van der Waals surface area (Å²) in [6.07, 6.45) is -4.39. The highest BCUT2D eigenvalue weighted by Crippen LogP contribution is 2.36. The van der Waals surface area contributed by atoms with Crippen molar-refractivity contribution in [3.05, 3.63) is 69.3 Å². The van der Waals surface area contributed by atoms with Gasteiger partial charge in [-0.15, -0.1) is 0 Å². The molecule has 3 rings (SSSR count). The fourth-order valence-electron chi connectivity index (χ4n) is 3.41. The zero-order valence-corrected chi connectivity index (χ0v) is 16.2. The Morgan fingerprint density at radius 3 is 2.26 bits per heavy atom. The van der Waals surface area contributed by atoms with E-state index in [1.165, 1.54) is 11.0 Å². The molecule has 1 saturated heterocycles. The van der Waals surface area contributed by atoms with E-state index < -0.39 is 34.0 Å². The lowest BCUT2D eigenvalue weighted by Gasteiger charge is -2.36. The zero-order valence-electron chi connectivity index (χ0n) is 16.2. The number of rotatable bonds is 5. The van der Waals surface area contributed by atoms with E-state index in [0.29, 0.717) is 11.6 Å². The number of hydrogen-bond donors (Lipinski definition) is 0. The van der Waals surface area contributed by atoms with E-state index in [0.717, 1.165) is 24.3 Å². The van der Waals surface area contributed by atoms with Crippen LogP contribution in [-0.4, -0.2) is 41.9 Å². The summed E-state index contributed by atoms with van der Waals surface area (Å²) in [5.74, 6) is -2.17. The van der Waals surface area contributed by atoms with Gasteiger partial charge in [0.2, 0.25) is 5.91 Å². The molecule has 1 amide bonds. The van der Waals surface area contributed by atoms with Crippen molar-refractivity contribution in [2.24, 2.45) is 0 Å². The summed E-state index contributed by atoms with van der Waals surface area (Å²) >= 11 is 0. The minimum Gasteiger partial charge on any atom is -0.362 e. The van der Waals surface area contributed by atoms with Gasteiger partial charge in [0, 0.05) is 38.7 Å². The third-order valence-corrected chi connectivity index (χ3v) is 5.08. The summed E-state index contributed by atoms with van der Waals surface area (Å²) in [5.41, 5.74) is -1.21. The number of amides is 1. The summed E-state index contributed by atoms with van der Waals surface area (Å²) in [4.78, 5) is 25.9. The monoisotopic (exact) mass is 443 g/mol. The van der Waals surface area contributed by atoms with Crippen LogP contribution in [0.2, 0.25) is 0 Å². The molecular formula is C20H18F5N3O3. The van der Waals surface area contributed by atoms with Crippen LogP contribution in [0.15, 0.2) is 36.4 Å². The maximum atomic E-state index is 13.3. The van der Waals surface area contributed by atoms with Crippen molar-refractivity contribution in [1.29, 1.82) is 0 Å². The quantitative estimate of drug-likeness (QED) is 0.395. The maximum Gasteiger partial charge on any atom is 0.416 e. The Balaban J connectivity index is 1.61. The number of alkyl halides is 3. The molecule has 31 heavy (non-hydrogen) atoms. The van der Waals surface area contributed by atoms with Gasteiger partial charge in [0.15, 0.2) is 11.6 Å². The van der Waals surface area contributed by atoms with E-state index in [4.69, 9.17) is 0 Å². The van der Waals surface area contributed by atoms with Gasteiger partial charge in [-0.1, -0.05) is 6.07 Å². The van der Waals surface area contributed by atoms with Gasteiger partial charge in [-0.2, -0.15) is 13.2 Å². The van der Waals surface area contributed by atoms with Gasteiger partial charge in [0.1, 0.15) is 5.69 Å². The molecule has 0 atom stereocenters. The number of nitro groups is 1. The Morgan fingerprint density at radius 1 is 1.00 bits per heavy atom. The molecular weight excluding hydrogens is 425 g/mol. The van der Waals surface area contributed by atoms with Crippen molar-refractivity contribution >= 4 is 17.3 Å². The molecule has 2 aromatic carbocycles. The Hall–Kier alpha value is -3.24. The van der Waals surface area contributed by atoms with Crippen molar-refractivity contribution in [1.82, 2.24) is 4.90 Å². The first-order valence-electron chi connectivity index (χ1n) is 9.38. The molecule has 0 saturated carbocycles. The average molecular weight is 443 g/mol. The van der Waals surface area contributed by atoms with E-state index in [1.54, 1.807) is 4.90 Å². The normalized spacial score (nSPS) is 14.6. The number of hydrogen-bond acceptors (Lipinski definition) is 4. The van der Waals surface area contributed by atoms with E-state index in [2.05, 4.69) is 0 Å². The molecule has 0 unspecified atom stereocenters. The lowest BCUT2D eigenvalue weighted by atomic mass is 10.1. The first-order valence-corrected chi connectivity index (χ1v) is 9.38. The highest BCUT2D eigenvalue weighted by molar-refractivity contribution is 5.77. The fourth-order valence-corrected chi connectivity index (χ4v) is 3.41. The largest absolute Gasteiger partial charge is 0.416 e. The molecule has 6 nitrogen and oxygen atoms in total. The van der Waals surface area contributed by atoms with Gasteiger partial charge in [0.05, 0.1) is 10.5 Å². The van der Waals surface area contributed by atoms with Crippen LogP contribution in [0, 0.1) is 21.7 Å². The number of carbonyl (C=O) groups excluding carboxylic acids is 1. The number of anilines is 1. The smallest absolute Gasteiger partial charge is 0.362 e. The minimum absolute atomic E-state index is 0.0619. The molecule has 0 spiro atoms. The second-order valence-electron chi connectivity index (χ2n) is 7.07. The number of nitrogens with zero attached hydrogens (tertiary/aromatic N) is 3. The standard InChI is InChI=1S/C20H18F5N3O3/c21-15-4-1-13(11-16(15)22)2-6-19(29)27-9-7-26(8-10-27)17-5-3-14(20(23,24)25)12-18(17)28(30)31/h1,3-5,11-12H,2,6-10H2. The van der Waals surface area contributed by atoms with Crippen molar-refractivity contribution in [2.75, 3.05) is 31.1 Å². The SMILES string of the molecule is O=C(CCc1ccc(F)c(F)c1)N1CCN(c2ccc(C(F)(F)F)cc2[N+](=O)[O-])CC1. The number of piperazine rings is 1. The second kappa shape index (κ2) is 8.86. The predicted molar refractivity (Wildman–Crippen MR) is 102 cm³/mol. The van der Waals surface area contributed by atoms with Crippen LogP contribution < -0.4 is 4.90 Å². The number of nitro benzene ring substituents is 1. The highest BCUT2D eigenvalue weighted by Gasteiger charge is 2.34. The topological polar surface area (TPSA) is 66.7 Å². The van der Waals surface area contributed by atoms with E-state index in [9.17, 15) is 36.9 Å². The van der Waals surface area contributed by atoms with Crippen LogP contribution in [0.4, 0.5) is 33.3 Å². The number of aryl methyl sites for hydroxylation is 1. The van der Waals surface area contributed by atoms with Crippen LogP contribution in [-0.2, 0) is 17.4 Å². The van der Waals surface area contributed by atoms with Crippen LogP contribution in [0.5, 0.6) is 0 Å². The number of halogens is 5. The first kappa shape index (κ1) is 22.4. The summed E-state index contributed by atoms with van der Waals surface area (Å²) in [7, 11) is 0. The van der Waals surface area contributed by atoms with Crippen molar-refractivity contribution in [3.8, 4) is 0 Å². The third-order valence-electron chi connectivity index (χ3n) is 5.08. The summed E-state index contributed by atoms with van der Waals surface area (Å²) < 4.78 is 64.8. The van der Waals surface area contributed by atoms with Crippen molar-refractivity contribution in [2.45, 2.75) is 19.0 Å². The molecule has 0 N–H and O–H groups in total. The lowest BCUT2D eigenvalue weighted by Crippen LogP contribution is -2.49. The fraction of sp³-hybridized carbons (Fsp3) is 0.350. The van der Waals surface area contributed by atoms with Crippen LogP contribution in [0.25, 0.3) is 0 Å². The summed E-state index contributed by atoms with van der Waals surface area (Å²) in [5, 5.41) is 11.3. The Labute approximate surface area is 174 Å². The Morgan fingerprint density at radius 2 is 1.68 bits per heavy atom. The van der Waals surface area contributed by atoms with Gasteiger partial charge >= 0.3 is 6.18 Å². The maximum absolute atomic E-state index is 13.3. The van der Waals surface area contributed by atoms with Gasteiger partial charge in [-0.05, 0) is 36.2 Å². The molecule has 1 fully saturated rings. The first-order chi connectivity index (χ1) is 14.6. The molecule has 1 aliphatic heterocycles. The lowest BCUT2D eigenvalue weighted by molar-refractivity contribution is -0.384. The van der Waals surface area contributed by atoms with Gasteiger partial charge in [0.25, 0.3) is 5.69 Å². The van der Waals surface area contributed by atoms with Gasteiger partial charge in [-0.25, -0.2) is 8.78 Å². The number of benzene rings is 2. The molecule has 0 radical (unpaired) electrons. The van der Waals surface area contributed by atoms with Gasteiger partial charge in [-0.3, -0.25) is 14.9 Å². The number of carbonyl (C=O) groups is 1. The van der Waals surface area contributed by atoms with E-state index in [-0.39, 0.29) is 50.6 Å². The predicted octanol–water partition coefficient (Wildman–Crippen LogP) is 4.17. The summed E-state index contributed by atoms with van der Waals surface area (Å²) in [6, 6.07) is 5.79. The third kappa shape index (κ3) is 5.28. The van der Waals surface area contributed by atoms with Crippen LogP contribution in [0.3, 0.4) is 0 Å². The molecule has 2 aromatic rings. The molecule has 166 valence electrons. The van der Waals surface area contributed by atoms with E-state index >= 15 is 0 Å². The van der Waals surface area contributed by atoms with E-state index in [1.807, 2.05) is 0 Å². The molecule has 0 aromatic heterocycles. The Kier molecular flexibility index (Phi) is 6.42. The van der Waals surface area contributed by atoms with Crippen molar-refractivity contribution in [3.63, 3.8) is 0 Å². The molecule has 11 heteroatoms. The average Bonchev–Trinajstić information content (AvgIpc) is 2.73. The summed E-state index contributed by atoms with van der Waals surface area (Å²) in [6.45, 7) is 0.885. The van der Waals surface area contributed by atoms with Crippen molar-refractivity contribution < 1.29 is 31.7 Å². The molecule has 0 bridgehead atoms. The minimum atomic E-state index is -4.69. The molecule has 0 aliphatic carbocycles. The van der Waals surface area contributed by atoms with Crippen LogP contribution in [0.1, 0.15) is 17.5 Å². The van der Waals surface area contributed by atoms with Gasteiger partial charge < -0.3 is 9.80 Å². The van der Waals surface area contributed by atoms with Crippen LogP contribution >= 0.6 is 0 Å². The Bertz CT molecular complexity index is 989. The molecule has 1 aliphatic rings. The molecule has 1 heterocycles.